The van der Waals surface area contributed by atoms with Gasteiger partial charge in [-0.05, 0) is 35.9 Å². The third-order valence-electron chi connectivity index (χ3n) is 3.56. The SMILES string of the molecule is O=C1/C(=C/c2cccc(Oc3ccccc3)c2)SC2NCNN12. The molecule has 0 saturated carbocycles. The number of fused-ring (bicyclic) bond motifs is 1. The first-order chi connectivity index (χ1) is 11.3. The van der Waals surface area contributed by atoms with Gasteiger partial charge in [-0.3, -0.25) is 10.1 Å². The number of ether oxygens (including phenoxy) is 1. The van der Waals surface area contributed by atoms with Crippen molar-refractivity contribution in [3.63, 3.8) is 0 Å². The molecule has 0 radical (unpaired) electrons. The van der Waals surface area contributed by atoms with Gasteiger partial charge in [0, 0.05) is 0 Å². The Bertz CT molecular complexity index is 763. The van der Waals surface area contributed by atoms with Crippen molar-refractivity contribution in [1.82, 2.24) is 15.8 Å². The van der Waals surface area contributed by atoms with Crippen molar-refractivity contribution in [3.8, 4) is 11.5 Å². The standard InChI is InChI=1S/C17H15N3O2S/c21-16-15(23-17-18-11-19-20(16)17)10-12-5-4-8-14(9-12)22-13-6-2-1-3-7-13/h1-10,17-19H,11H2/b15-10-. The predicted molar refractivity (Wildman–Crippen MR) is 90.3 cm³/mol. The molecule has 0 bridgehead atoms. The second-order valence-corrected chi connectivity index (χ2v) is 6.30. The van der Waals surface area contributed by atoms with E-state index in [1.807, 2.05) is 60.7 Å². The molecule has 2 aliphatic heterocycles. The molecule has 2 saturated heterocycles. The largest absolute Gasteiger partial charge is 0.457 e. The van der Waals surface area contributed by atoms with Gasteiger partial charge in [0.25, 0.3) is 5.91 Å². The molecule has 6 heteroatoms. The van der Waals surface area contributed by atoms with Gasteiger partial charge in [-0.1, -0.05) is 42.1 Å². The van der Waals surface area contributed by atoms with Gasteiger partial charge in [0.05, 0.1) is 11.6 Å². The number of carbonyl (C=O) groups is 1. The van der Waals surface area contributed by atoms with E-state index >= 15 is 0 Å². The summed E-state index contributed by atoms with van der Waals surface area (Å²) in [6.07, 6.45) is 1.90. The van der Waals surface area contributed by atoms with Crippen LogP contribution in [-0.4, -0.2) is 23.1 Å². The predicted octanol–water partition coefficient (Wildman–Crippen LogP) is 2.74. The number of thioether (sulfide) groups is 1. The Kier molecular flexibility index (Phi) is 3.78. The highest BCUT2D eigenvalue weighted by Crippen LogP contribution is 2.35. The first-order valence-electron chi connectivity index (χ1n) is 7.31. The minimum atomic E-state index is -0.0162. The van der Waals surface area contributed by atoms with E-state index in [4.69, 9.17) is 4.74 Å². The average molecular weight is 325 g/mol. The van der Waals surface area contributed by atoms with E-state index in [0.717, 1.165) is 17.1 Å². The van der Waals surface area contributed by atoms with E-state index < -0.39 is 0 Å². The number of hydrazine groups is 1. The van der Waals surface area contributed by atoms with Crippen LogP contribution >= 0.6 is 11.8 Å². The second kappa shape index (κ2) is 6.08. The van der Waals surface area contributed by atoms with Crippen LogP contribution in [0.2, 0.25) is 0 Å². The molecule has 116 valence electrons. The number of nitrogens with one attached hydrogen (secondary N) is 2. The summed E-state index contributed by atoms with van der Waals surface area (Å²) >= 11 is 1.52. The minimum absolute atomic E-state index is 0.000573. The molecule has 23 heavy (non-hydrogen) atoms. The van der Waals surface area contributed by atoms with Crippen molar-refractivity contribution in [1.29, 1.82) is 0 Å². The van der Waals surface area contributed by atoms with Gasteiger partial charge in [-0.25, -0.2) is 10.4 Å². The summed E-state index contributed by atoms with van der Waals surface area (Å²) in [5, 5.41) is 4.83. The van der Waals surface area contributed by atoms with Crippen molar-refractivity contribution in [2.24, 2.45) is 0 Å². The maximum atomic E-state index is 12.3. The zero-order chi connectivity index (χ0) is 15.6. The smallest absolute Gasteiger partial charge is 0.276 e. The summed E-state index contributed by atoms with van der Waals surface area (Å²) < 4.78 is 5.83. The summed E-state index contributed by atoms with van der Waals surface area (Å²) in [6.45, 7) is 0.622. The molecule has 0 spiro atoms. The Morgan fingerprint density at radius 2 is 1.96 bits per heavy atom. The average Bonchev–Trinajstić information content (AvgIpc) is 3.13. The Morgan fingerprint density at radius 1 is 1.13 bits per heavy atom. The summed E-state index contributed by atoms with van der Waals surface area (Å²) in [7, 11) is 0. The third-order valence-corrected chi connectivity index (χ3v) is 4.71. The molecule has 0 aliphatic carbocycles. The van der Waals surface area contributed by atoms with Crippen LogP contribution < -0.4 is 15.5 Å². The van der Waals surface area contributed by atoms with E-state index in [1.54, 1.807) is 5.01 Å². The van der Waals surface area contributed by atoms with Crippen LogP contribution in [0.15, 0.2) is 59.5 Å². The van der Waals surface area contributed by atoms with E-state index in [-0.39, 0.29) is 11.4 Å². The van der Waals surface area contributed by atoms with Crippen LogP contribution in [0, 0.1) is 0 Å². The molecule has 4 rings (SSSR count). The van der Waals surface area contributed by atoms with Gasteiger partial charge in [-0.2, -0.15) is 0 Å². The Balaban J connectivity index is 1.55. The summed E-state index contributed by atoms with van der Waals surface area (Å²) in [5.74, 6) is 1.54. The van der Waals surface area contributed by atoms with Gasteiger partial charge in [0.1, 0.15) is 11.5 Å². The van der Waals surface area contributed by atoms with Crippen LogP contribution in [0.25, 0.3) is 6.08 Å². The monoisotopic (exact) mass is 325 g/mol. The van der Waals surface area contributed by atoms with E-state index in [0.29, 0.717) is 11.6 Å². The molecule has 2 aromatic rings. The molecule has 2 N–H and O–H groups in total. The lowest BCUT2D eigenvalue weighted by molar-refractivity contribution is -0.127. The van der Waals surface area contributed by atoms with Crippen molar-refractivity contribution < 1.29 is 9.53 Å². The molecular weight excluding hydrogens is 310 g/mol. The molecule has 5 nitrogen and oxygen atoms in total. The molecule has 1 unspecified atom stereocenters. The molecule has 2 aromatic carbocycles. The number of carbonyl (C=O) groups excluding carboxylic acids is 1. The van der Waals surface area contributed by atoms with Crippen LogP contribution in [0.1, 0.15) is 5.56 Å². The van der Waals surface area contributed by atoms with Crippen LogP contribution in [-0.2, 0) is 4.79 Å². The zero-order valence-corrected chi connectivity index (χ0v) is 13.0. The molecule has 0 aromatic heterocycles. The Hall–Kier alpha value is -2.28. The number of hydrogen-bond donors (Lipinski definition) is 2. The zero-order valence-electron chi connectivity index (χ0n) is 12.2. The van der Waals surface area contributed by atoms with Crippen LogP contribution in [0.5, 0.6) is 11.5 Å². The van der Waals surface area contributed by atoms with E-state index in [1.165, 1.54) is 11.8 Å². The fourth-order valence-electron chi connectivity index (χ4n) is 2.49. The highest BCUT2D eigenvalue weighted by atomic mass is 32.2. The summed E-state index contributed by atoms with van der Waals surface area (Å²) in [5.41, 5.74) is 3.94. The number of para-hydroxylation sites is 1. The highest BCUT2D eigenvalue weighted by molar-refractivity contribution is 8.05. The van der Waals surface area contributed by atoms with Crippen molar-refractivity contribution in [2.45, 2.75) is 5.50 Å². The quantitative estimate of drug-likeness (QED) is 0.850. The van der Waals surface area contributed by atoms with Crippen molar-refractivity contribution in [2.75, 3.05) is 6.67 Å². The van der Waals surface area contributed by atoms with Crippen molar-refractivity contribution in [3.05, 3.63) is 65.1 Å². The van der Waals surface area contributed by atoms with Gasteiger partial charge >= 0.3 is 0 Å². The molecule has 2 aliphatic rings. The Morgan fingerprint density at radius 3 is 2.78 bits per heavy atom. The fraction of sp³-hybridized carbons (Fsp3) is 0.118. The number of benzene rings is 2. The molecule has 1 amide bonds. The van der Waals surface area contributed by atoms with Gasteiger partial charge in [0.15, 0.2) is 5.50 Å². The lowest BCUT2D eigenvalue weighted by atomic mass is 10.2. The number of nitrogens with zero attached hydrogens (tertiary/aromatic N) is 1. The molecule has 1 atom stereocenters. The first-order valence-corrected chi connectivity index (χ1v) is 8.19. The number of rotatable bonds is 3. The second-order valence-electron chi connectivity index (χ2n) is 5.18. The lowest BCUT2D eigenvalue weighted by Gasteiger charge is -2.10. The third kappa shape index (κ3) is 2.96. The van der Waals surface area contributed by atoms with Crippen LogP contribution in [0.3, 0.4) is 0 Å². The molecule has 2 heterocycles. The summed E-state index contributed by atoms with van der Waals surface area (Å²) in [6, 6.07) is 17.4. The van der Waals surface area contributed by atoms with Crippen LogP contribution in [0.4, 0.5) is 0 Å². The van der Waals surface area contributed by atoms with Gasteiger partial charge in [0.2, 0.25) is 0 Å². The fourth-order valence-corrected chi connectivity index (χ4v) is 3.58. The van der Waals surface area contributed by atoms with Gasteiger partial charge < -0.3 is 4.74 Å². The maximum absolute atomic E-state index is 12.3. The highest BCUT2D eigenvalue weighted by Gasteiger charge is 2.39. The summed E-state index contributed by atoms with van der Waals surface area (Å²) in [4.78, 5) is 13.0. The molecule has 2 fully saturated rings. The Labute approximate surface area is 138 Å². The number of amides is 1. The lowest BCUT2D eigenvalue weighted by Crippen LogP contribution is -2.36. The van der Waals surface area contributed by atoms with E-state index in [9.17, 15) is 4.79 Å². The molecular formula is C17H15N3O2S. The van der Waals surface area contributed by atoms with Gasteiger partial charge in [-0.15, -0.1) is 0 Å². The minimum Gasteiger partial charge on any atom is -0.457 e. The normalized spacial score (nSPS) is 21.7. The number of hydrogen-bond acceptors (Lipinski definition) is 5. The maximum Gasteiger partial charge on any atom is 0.276 e. The van der Waals surface area contributed by atoms with Crippen molar-refractivity contribution >= 4 is 23.7 Å². The topological polar surface area (TPSA) is 53.6 Å². The first kappa shape index (κ1) is 14.3. The van der Waals surface area contributed by atoms with E-state index in [2.05, 4.69) is 10.7 Å².